The molecule has 0 aliphatic carbocycles. The van der Waals surface area contributed by atoms with Crippen molar-refractivity contribution in [2.45, 2.75) is 448 Å². The summed E-state index contributed by atoms with van der Waals surface area (Å²) in [6.45, 7) is 4.33. The number of nitrogens with one attached hydrogen (secondary N) is 1. The number of esters is 1. The average Bonchev–Trinajstić information content (AvgIpc) is 0.836. The van der Waals surface area contributed by atoms with E-state index in [0.717, 1.165) is 64.2 Å². The van der Waals surface area contributed by atoms with Crippen LogP contribution in [0.4, 0.5) is 0 Å². The number of rotatable bonds is 74. The van der Waals surface area contributed by atoms with E-state index >= 15 is 0 Å². The Kier molecular flexibility index (Phi) is 70.0. The van der Waals surface area contributed by atoms with Gasteiger partial charge in [-0.3, -0.25) is 9.59 Å². The van der Waals surface area contributed by atoms with Crippen LogP contribution in [0.15, 0.2) is 60.8 Å². The number of hydrogen-bond donors (Lipinski definition) is 6. The van der Waals surface area contributed by atoms with Gasteiger partial charge in [-0.2, -0.15) is 0 Å². The monoisotopic (exact) mass is 1350 g/mol. The molecule has 6 N–H and O–H groups in total. The summed E-state index contributed by atoms with van der Waals surface area (Å²) in [5.74, 6) is -0.175. The van der Waals surface area contributed by atoms with E-state index in [1.807, 2.05) is 6.08 Å². The molecule has 1 heterocycles. The van der Waals surface area contributed by atoms with Gasteiger partial charge in [0.1, 0.15) is 24.4 Å². The highest BCUT2D eigenvalue weighted by atomic mass is 16.7. The maximum atomic E-state index is 13.0. The first-order valence-electron chi connectivity index (χ1n) is 41.6. The molecule has 562 valence electrons. The third-order valence-corrected chi connectivity index (χ3v) is 19.6. The largest absolute Gasteiger partial charge is 0.466 e. The fourth-order valence-corrected chi connectivity index (χ4v) is 13.1. The quantitative estimate of drug-likeness (QED) is 0.0195. The molecule has 0 saturated carbocycles. The third kappa shape index (κ3) is 61.2. The molecule has 0 aromatic heterocycles. The molecule has 0 radical (unpaired) electrons. The second-order valence-corrected chi connectivity index (χ2v) is 28.8. The average molecular weight is 1350 g/mol. The van der Waals surface area contributed by atoms with E-state index < -0.39 is 49.5 Å². The van der Waals surface area contributed by atoms with E-state index in [1.165, 1.54) is 315 Å². The Morgan fingerprint density at radius 1 is 0.385 bits per heavy atom. The Morgan fingerprint density at radius 2 is 0.708 bits per heavy atom. The van der Waals surface area contributed by atoms with E-state index in [2.05, 4.69) is 67.8 Å². The van der Waals surface area contributed by atoms with Crippen LogP contribution < -0.4 is 5.32 Å². The van der Waals surface area contributed by atoms with Crippen LogP contribution in [0.2, 0.25) is 0 Å². The molecule has 96 heavy (non-hydrogen) atoms. The second kappa shape index (κ2) is 73.6. The predicted octanol–water partition coefficient (Wildman–Crippen LogP) is 22.8. The Hall–Kier alpha value is -2.64. The van der Waals surface area contributed by atoms with Gasteiger partial charge in [0.2, 0.25) is 5.91 Å². The Morgan fingerprint density at radius 3 is 1.10 bits per heavy atom. The summed E-state index contributed by atoms with van der Waals surface area (Å²) in [4.78, 5) is 25.2. The molecular formula is C85H157NO10. The minimum Gasteiger partial charge on any atom is -0.466 e. The first-order chi connectivity index (χ1) is 47.2. The molecule has 1 aliphatic heterocycles. The van der Waals surface area contributed by atoms with Crippen LogP contribution in [-0.4, -0.2) is 100 Å². The zero-order chi connectivity index (χ0) is 69.4. The minimum atomic E-state index is -1.58. The summed E-state index contributed by atoms with van der Waals surface area (Å²) in [6.07, 6.45) is 90.0. The molecule has 1 rings (SSSR count). The SMILES string of the molecule is CCCCCC/C=C/CC/C=C/C(O)C(COC1OC(CO)C(O)C(O)C1O)NC(=O)CCCCCCCCCCCCCCCCCCC/C=C\C/C=C\CCCCCCCCCCCCCCCCCOC(=O)CCCCCCCCCCC/C=C\CCCCCCCC. The third-order valence-electron chi connectivity index (χ3n) is 19.6. The van der Waals surface area contributed by atoms with Crippen molar-refractivity contribution in [3.05, 3.63) is 60.8 Å². The zero-order valence-electron chi connectivity index (χ0n) is 62.8. The fraction of sp³-hybridized carbons (Fsp3) is 0.859. The smallest absolute Gasteiger partial charge is 0.305 e. The lowest BCUT2D eigenvalue weighted by atomic mass is 9.99. The van der Waals surface area contributed by atoms with Crippen molar-refractivity contribution in [3.63, 3.8) is 0 Å². The highest BCUT2D eigenvalue weighted by Crippen LogP contribution is 2.24. The van der Waals surface area contributed by atoms with Crippen molar-refractivity contribution in [1.29, 1.82) is 0 Å². The van der Waals surface area contributed by atoms with Crippen LogP contribution in [-0.2, 0) is 23.8 Å². The predicted molar refractivity (Wildman–Crippen MR) is 407 cm³/mol. The van der Waals surface area contributed by atoms with Crippen LogP contribution in [0.3, 0.4) is 0 Å². The van der Waals surface area contributed by atoms with Gasteiger partial charge in [-0.25, -0.2) is 0 Å². The van der Waals surface area contributed by atoms with Gasteiger partial charge in [0.15, 0.2) is 6.29 Å². The van der Waals surface area contributed by atoms with Gasteiger partial charge in [0.05, 0.1) is 32.0 Å². The molecule has 0 aromatic rings. The maximum absolute atomic E-state index is 13.0. The van der Waals surface area contributed by atoms with Crippen molar-refractivity contribution >= 4 is 11.9 Å². The summed E-state index contributed by atoms with van der Waals surface area (Å²) < 4.78 is 16.7. The molecule has 0 aromatic carbocycles. The van der Waals surface area contributed by atoms with Crippen molar-refractivity contribution < 1.29 is 49.3 Å². The van der Waals surface area contributed by atoms with Gasteiger partial charge in [0, 0.05) is 12.8 Å². The second-order valence-electron chi connectivity index (χ2n) is 28.8. The number of aliphatic hydroxyl groups is 5. The standard InChI is InChI=1S/C85H157NO10/c1-3-5-7-9-11-13-15-16-17-18-40-44-47-50-53-57-61-65-69-73-81(90)94-74-70-66-62-58-54-51-48-45-42-39-37-35-33-31-29-27-25-23-21-19-20-22-24-26-28-30-32-34-36-38-41-43-46-49-52-56-60-64-68-72-80(89)86-77(76-95-85-84(93)83(92)82(91)79(75-87)96-85)78(88)71-67-63-59-55-14-12-10-8-6-4-2/h14,16-17,19-20,23,25,55,67,71,77-79,82-85,87-88,91-93H,3-13,15,18,21-22,24,26-54,56-66,68-70,72-76H2,1-2H3,(H,86,89)/b17-16-,20-19-,25-23-,55-14+,71-67+. The Balaban J connectivity index is 1.86. The summed E-state index contributed by atoms with van der Waals surface area (Å²) >= 11 is 0. The zero-order valence-corrected chi connectivity index (χ0v) is 62.8. The first-order valence-corrected chi connectivity index (χ1v) is 41.6. The van der Waals surface area contributed by atoms with E-state index in [9.17, 15) is 35.1 Å². The van der Waals surface area contributed by atoms with Crippen molar-refractivity contribution in [2.75, 3.05) is 19.8 Å². The molecule has 7 unspecified atom stereocenters. The summed E-state index contributed by atoms with van der Waals surface area (Å²) in [6, 6.07) is -0.825. The normalized spacial score (nSPS) is 17.6. The summed E-state index contributed by atoms with van der Waals surface area (Å²) in [7, 11) is 0. The van der Waals surface area contributed by atoms with Crippen molar-refractivity contribution in [1.82, 2.24) is 5.32 Å². The lowest BCUT2D eigenvalue weighted by Gasteiger charge is -2.40. The van der Waals surface area contributed by atoms with Gasteiger partial charge in [0.25, 0.3) is 0 Å². The Labute approximate surface area is 592 Å². The Bertz CT molecular complexity index is 1780. The van der Waals surface area contributed by atoms with E-state index in [1.54, 1.807) is 6.08 Å². The number of hydrogen-bond acceptors (Lipinski definition) is 10. The molecule has 1 aliphatic rings. The van der Waals surface area contributed by atoms with Crippen LogP contribution in [0, 0.1) is 0 Å². The number of allylic oxidation sites excluding steroid dienone is 9. The van der Waals surface area contributed by atoms with Gasteiger partial charge in [-0.1, -0.05) is 351 Å². The van der Waals surface area contributed by atoms with Crippen LogP contribution in [0.25, 0.3) is 0 Å². The molecule has 1 saturated heterocycles. The summed E-state index contributed by atoms with van der Waals surface area (Å²) in [5, 5.41) is 54.4. The van der Waals surface area contributed by atoms with Crippen molar-refractivity contribution in [3.8, 4) is 0 Å². The first kappa shape index (κ1) is 91.4. The minimum absolute atomic E-state index is 0.0144. The fourth-order valence-electron chi connectivity index (χ4n) is 13.1. The molecule has 1 fully saturated rings. The molecule has 0 spiro atoms. The summed E-state index contributed by atoms with van der Waals surface area (Å²) in [5.41, 5.74) is 0. The topological polar surface area (TPSA) is 175 Å². The number of ether oxygens (including phenoxy) is 3. The van der Waals surface area contributed by atoms with Gasteiger partial charge in [-0.15, -0.1) is 0 Å². The van der Waals surface area contributed by atoms with E-state index in [0.29, 0.717) is 19.4 Å². The molecule has 0 bridgehead atoms. The van der Waals surface area contributed by atoms with E-state index in [4.69, 9.17) is 14.2 Å². The number of amides is 1. The van der Waals surface area contributed by atoms with Crippen molar-refractivity contribution in [2.24, 2.45) is 0 Å². The van der Waals surface area contributed by atoms with Crippen LogP contribution in [0.5, 0.6) is 0 Å². The lowest BCUT2D eigenvalue weighted by molar-refractivity contribution is -0.302. The van der Waals surface area contributed by atoms with Crippen LogP contribution >= 0.6 is 0 Å². The van der Waals surface area contributed by atoms with Crippen LogP contribution in [0.1, 0.15) is 406 Å². The highest BCUT2D eigenvalue weighted by molar-refractivity contribution is 5.76. The molecule has 7 atom stereocenters. The number of unbranched alkanes of at least 4 members (excludes halogenated alkanes) is 52. The van der Waals surface area contributed by atoms with E-state index in [-0.39, 0.29) is 18.5 Å². The number of carbonyl (C=O) groups is 2. The lowest BCUT2D eigenvalue weighted by Crippen LogP contribution is -2.60. The van der Waals surface area contributed by atoms with Gasteiger partial charge >= 0.3 is 5.97 Å². The number of carbonyl (C=O) groups excluding carboxylic acids is 2. The maximum Gasteiger partial charge on any atom is 0.305 e. The highest BCUT2D eigenvalue weighted by Gasteiger charge is 2.44. The molecular weight excluding hydrogens is 1190 g/mol. The molecule has 1 amide bonds. The van der Waals surface area contributed by atoms with Gasteiger partial charge in [-0.05, 0) is 103 Å². The van der Waals surface area contributed by atoms with Gasteiger partial charge < -0.3 is 45.1 Å². The molecule has 11 nitrogen and oxygen atoms in total. The number of aliphatic hydroxyl groups excluding tert-OH is 5. The molecule has 11 heteroatoms.